The molecule has 2 fully saturated rings. The first-order chi connectivity index (χ1) is 11.2. The van der Waals surface area contributed by atoms with E-state index in [0.717, 1.165) is 58.2 Å². The van der Waals surface area contributed by atoms with Crippen LogP contribution in [-0.4, -0.2) is 25.3 Å². The van der Waals surface area contributed by atoms with Gasteiger partial charge in [-0.1, -0.05) is 32.6 Å². The van der Waals surface area contributed by atoms with Crippen LogP contribution in [0.25, 0.3) is 0 Å². The fourth-order valence-electron chi connectivity index (χ4n) is 3.77. The van der Waals surface area contributed by atoms with E-state index in [9.17, 15) is 4.79 Å². The molecule has 1 aliphatic carbocycles. The van der Waals surface area contributed by atoms with Crippen molar-refractivity contribution in [3.63, 3.8) is 0 Å². The molecule has 130 valence electrons. The first-order valence-corrected chi connectivity index (χ1v) is 9.39. The Balaban J connectivity index is 1.46. The zero-order valence-electron chi connectivity index (χ0n) is 14.5. The number of unbranched alkanes of at least 4 members (excludes halogenated alkanes) is 4. The average molecular weight is 321 g/mol. The molecule has 1 saturated carbocycles. The minimum Gasteiger partial charge on any atom is -0.353 e. The third kappa shape index (κ3) is 5.90. The van der Waals surface area contributed by atoms with Gasteiger partial charge < -0.3 is 9.47 Å². The molecule has 2 rings (SSSR count). The van der Waals surface area contributed by atoms with Crippen molar-refractivity contribution in [3.05, 3.63) is 0 Å². The fourth-order valence-corrected chi connectivity index (χ4v) is 3.77. The maximum absolute atomic E-state index is 12.1. The lowest BCUT2D eigenvalue weighted by Gasteiger charge is -2.22. The largest absolute Gasteiger partial charge is 0.353 e. The maximum Gasteiger partial charge on any atom is 0.157 e. The lowest BCUT2D eigenvalue weighted by molar-refractivity contribution is -0.162. The number of carbonyl (C=O) groups excluding carboxylic acids is 1. The van der Waals surface area contributed by atoms with Gasteiger partial charge in [0.25, 0.3) is 0 Å². The van der Waals surface area contributed by atoms with E-state index >= 15 is 0 Å². The van der Waals surface area contributed by atoms with Gasteiger partial charge in [0, 0.05) is 25.0 Å². The summed E-state index contributed by atoms with van der Waals surface area (Å²) in [5.74, 6) is 0.365. The van der Waals surface area contributed by atoms with E-state index in [0.29, 0.717) is 5.78 Å². The summed E-state index contributed by atoms with van der Waals surface area (Å²) in [6, 6.07) is 2.33. The zero-order valence-corrected chi connectivity index (χ0v) is 14.5. The summed E-state index contributed by atoms with van der Waals surface area (Å²) in [4.78, 5) is 12.1. The number of carbonyl (C=O) groups is 1. The second-order valence-corrected chi connectivity index (χ2v) is 7.10. The Morgan fingerprint density at radius 3 is 2.74 bits per heavy atom. The monoisotopic (exact) mass is 321 g/mol. The van der Waals surface area contributed by atoms with Crippen molar-refractivity contribution in [1.29, 1.82) is 5.26 Å². The van der Waals surface area contributed by atoms with Crippen molar-refractivity contribution in [2.24, 2.45) is 17.8 Å². The SMILES string of the molecule is CC1CC(C#N)C(CCCCCCCOC2CCCCO2)C1=O. The van der Waals surface area contributed by atoms with Crippen molar-refractivity contribution in [2.75, 3.05) is 13.2 Å². The van der Waals surface area contributed by atoms with Crippen LogP contribution >= 0.6 is 0 Å². The summed E-state index contributed by atoms with van der Waals surface area (Å²) in [7, 11) is 0. The first kappa shape index (κ1) is 18.4. The third-order valence-corrected chi connectivity index (χ3v) is 5.21. The summed E-state index contributed by atoms with van der Waals surface area (Å²) >= 11 is 0. The van der Waals surface area contributed by atoms with E-state index in [1.54, 1.807) is 0 Å². The van der Waals surface area contributed by atoms with Gasteiger partial charge >= 0.3 is 0 Å². The molecule has 23 heavy (non-hydrogen) atoms. The Morgan fingerprint density at radius 2 is 2.00 bits per heavy atom. The standard InChI is InChI=1S/C19H31NO3/c1-15-13-16(14-20)17(19(15)21)9-5-3-2-4-7-11-22-18-10-6-8-12-23-18/h15-18H,2-13H2,1H3. The Kier molecular flexibility index (Phi) is 8.05. The summed E-state index contributed by atoms with van der Waals surface area (Å²) in [5.41, 5.74) is 0. The van der Waals surface area contributed by atoms with Crippen molar-refractivity contribution in [2.45, 2.75) is 77.4 Å². The predicted molar refractivity (Wildman–Crippen MR) is 88.6 cm³/mol. The van der Waals surface area contributed by atoms with Gasteiger partial charge in [0.15, 0.2) is 6.29 Å². The Labute approximate surface area is 140 Å². The van der Waals surface area contributed by atoms with Crippen LogP contribution in [0.4, 0.5) is 0 Å². The smallest absolute Gasteiger partial charge is 0.157 e. The summed E-state index contributed by atoms with van der Waals surface area (Å²) in [6.45, 7) is 3.59. The number of nitrogens with zero attached hydrogens (tertiary/aromatic N) is 1. The predicted octanol–water partition coefficient (Wildman–Crippen LogP) is 4.24. The van der Waals surface area contributed by atoms with Crippen LogP contribution < -0.4 is 0 Å². The zero-order chi connectivity index (χ0) is 16.5. The van der Waals surface area contributed by atoms with Gasteiger partial charge in [0.1, 0.15) is 5.78 Å². The highest BCUT2D eigenvalue weighted by Crippen LogP contribution is 2.35. The highest BCUT2D eigenvalue weighted by atomic mass is 16.7. The molecule has 4 nitrogen and oxygen atoms in total. The van der Waals surface area contributed by atoms with Crippen molar-refractivity contribution >= 4 is 5.78 Å². The summed E-state index contributed by atoms with van der Waals surface area (Å²) < 4.78 is 11.3. The normalized spacial score (nSPS) is 31.2. The number of Topliss-reactive ketones (excluding diaryl/α,β-unsaturated/α-hetero) is 1. The van der Waals surface area contributed by atoms with Gasteiger partial charge in [-0.3, -0.25) is 4.79 Å². The van der Waals surface area contributed by atoms with Gasteiger partial charge in [0.05, 0.1) is 12.0 Å². The molecule has 4 heteroatoms. The van der Waals surface area contributed by atoms with Crippen LogP contribution in [0.15, 0.2) is 0 Å². The Morgan fingerprint density at radius 1 is 1.22 bits per heavy atom. The van der Waals surface area contributed by atoms with Gasteiger partial charge in [-0.15, -0.1) is 0 Å². The quantitative estimate of drug-likeness (QED) is 0.596. The number of hydrogen-bond acceptors (Lipinski definition) is 4. The minimum atomic E-state index is -0.0404. The molecule has 1 saturated heterocycles. The van der Waals surface area contributed by atoms with Crippen LogP contribution in [0.3, 0.4) is 0 Å². The molecule has 0 N–H and O–H groups in total. The molecule has 0 aromatic rings. The number of ketones is 1. The molecule has 2 aliphatic rings. The van der Waals surface area contributed by atoms with E-state index < -0.39 is 0 Å². The van der Waals surface area contributed by atoms with E-state index in [2.05, 4.69) is 6.07 Å². The van der Waals surface area contributed by atoms with Crippen LogP contribution in [0.2, 0.25) is 0 Å². The lowest BCUT2D eigenvalue weighted by Crippen LogP contribution is -2.22. The number of rotatable bonds is 9. The lowest BCUT2D eigenvalue weighted by atomic mass is 9.91. The Hall–Kier alpha value is -0.920. The van der Waals surface area contributed by atoms with Crippen molar-refractivity contribution in [3.8, 4) is 6.07 Å². The highest BCUT2D eigenvalue weighted by Gasteiger charge is 2.39. The number of ether oxygens (including phenoxy) is 2. The molecule has 4 atom stereocenters. The Bertz CT molecular complexity index is 398. The van der Waals surface area contributed by atoms with Crippen LogP contribution in [-0.2, 0) is 14.3 Å². The van der Waals surface area contributed by atoms with Crippen LogP contribution in [0.1, 0.15) is 71.1 Å². The average Bonchev–Trinajstić information content (AvgIpc) is 2.85. The summed E-state index contributed by atoms with van der Waals surface area (Å²) in [6.07, 6.45) is 10.8. The van der Waals surface area contributed by atoms with E-state index in [4.69, 9.17) is 14.7 Å². The molecule has 0 bridgehead atoms. The minimum absolute atomic E-state index is 0.00165. The fraction of sp³-hybridized carbons (Fsp3) is 0.895. The number of hydrogen-bond donors (Lipinski definition) is 0. The molecule has 4 unspecified atom stereocenters. The van der Waals surface area contributed by atoms with E-state index in [-0.39, 0.29) is 24.0 Å². The maximum atomic E-state index is 12.1. The van der Waals surface area contributed by atoms with E-state index in [1.807, 2.05) is 6.92 Å². The third-order valence-electron chi connectivity index (χ3n) is 5.21. The van der Waals surface area contributed by atoms with Crippen molar-refractivity contribution < 1.29 is 14.3 Å². The summed E-state index contributed by atoms with van der Waals surface area (Å²) in [5, 5.41) is 9.15. The van der Waals surface area contributed by atoms with Gasteiger partial charge in [-0.25, -0.2) is 0 Å². The molecule has 0 aromatic carbocycles. The van der Waals surface area contributed by atoms with Gasteiger partial charge in [0.2, 0.25) is 0 Å². The first-order valence-electron chi connectivity index (χ1n) is 9.39. The van der Waals surface area contributed by atoms with Crippen LogP contribution in [0.5, 0.6) is 0 Å². The van der Waals surface area contributed by atoms with Crippen LogP contribution in [0, 0.1) is 29.1 Å². The van der Waals surface area contributed by atoms with E-state index in [1.165, 1.54) is 19.3 Å². The number of nitriles is 1. The van der Waals surface area contributed by atoms with Gasteiger partial charge in [-0.2, -0.15) is 5.26 Å². The second kappa shape index (κ2) is 10.1. The topological polar surface area (TPSA) is 59.3 Å². The highest BCUT2D eigenvalue weighted by molar-refractivity contribution is 5.86. The molecular weight excluding hydrogens is 290 g/mol. The molecule has 1 aliphatic heterocycles. The molecule has 0 radical (unpaired) electrons. The molecule has 0 amide bonds. The molecule has 0 aromatic heterocycles. The molecule has 1 heterocycles. The van der Waals surface area contributed by atoms with Crippen molar-refractivity contribution in [1.82, 2.24) is 0 Å². The van der Waals surface area contributed by atoms with Gasteiger partial charge in [-0.05, 0) is 38.5 Å². The molecular formula is C19H31NO3. The molecule has 0 spiro atoms. The second-order valence-electron chi connectivity index (χ2n) is 7.10.